The van der Waals surface area contributed by atoms with Gasteiger partial charge < -0.3 is 20.9 Å². The number of rotatable bonds is 6. The third kappa shape index (κ3) is 6.55. The Bertz CT molecular complexity index is 1080. The number of hydrogen-bond acceptors (Lipinski definition) is 5. The van der Waals surface area contributed by atoms with Crippen LogP contribution in [0.5, 0.6) is 0 Å². The number of nitrogens with zero attached hydrogens (tertiary/aromatic N) is 2. The predicted octanol–water partition coefficient (Wildman–Crippen LogP) is 3.58. The maximum Gasteiger partial charge on any atom is 0.471 e. The minimum atomic E-state index is -5.17. The number of halogens is 3. The summed E-state index contributed by atoms with van der Waals surface area (Å²) in [5.74, 6) is -4.05. The van der Waals surface area contributed by atoms with E-state index >= 15 is 0 Å². The molecule has 2 saturated carbocycles. The highest BCUT2D eigenvalue weighted by molar-refractivity contribution is 5.94. The van der Waals surface area contributed by atoms with Gasteiger partial charge in [-0.3, -0.25) is 19.2 Å². The van der Waals surface area contributed by atoms with Crippen molar-refractivity contribution in [3.63, 3.8) is 0 Å². The molecule has 4 unspecified atom stereocenters. The molecule has 2 aliphatic heterocycles. The van der Waals surface area contributed by atoms with E-state index in [0.717, 1.165) is 51.4 Å². The van der Waals surface area contributed by atoms with Crippen molar-refractivity contribution in [2.45, 2.75) is 121 Å². The van der Waals surface area contributed by atoms with Gasteiger partial charge in [0.1, 0.15) is 18.1 Å². The monoisotopic (exact) mass is 571 g/mol. The van der Waals surface area contributed by atoms with E-state index in [2.05, 4.69) is 16.7 Å². The smallest absolute Gasteiger partial charge is 0.350 e. The lowest BCUT2D eigenvalue weighted by atomic mass is 9.72. The summed E-state index contributed by atoms with van der Waals surface area (Å²) < 4.78 is 39.4. The highest BCUT2D eigenvalue weighted by Gasteiger charge is 2.53. The minimum Gasteiger partial charge on any atom is -0.350 e. The van der Waals surface area contributed by atoms with Gasteiger partial charge in [-0.1, -0.05) is 40.0 Å². The number of nitrogens with one attached hydrogen (secondary N) is 3. The lowest BCUT2D eigenvalue weighted by Crippen LogP contribution is -2.59. The van der Waals surface area contributed by atoms with Gasteiger partial charge in [0.15, 0.2) is 0 Å². The molecule has 0 radical (unpaired) electrons. The molecule has 4 rings (SSSR count). The number of hydrogen-bond donors (Lipinski definition) is 3. The summed E-state index contributed by atoms with van der Waals surface area (Å²) in [7, 11) is 0. The van der Waals surface area contributed by atoms with E-state index in [1.54, 1.807) is 20.8 Å². The molecule has 9 nitrogen and oxygen atoms in total. The molecule has 2 saturated heterocycles. The van der Waals surface area contributed by atoms with E-state index in [9.17, 15) is 37.6 Å². The summed E-state index contributed by atoms with van der Waals surface area (Å²) in [6.45, 7) is 4.87. The summed E-state index contributed by atoms with van der Waals surface area (Å²) in [6.07, 6.45) is 3.10. The zero-order valence-corrected chi connectivity index (χ0v) is 23.5. The van der Waals surface area contributed by atoms with Gasteiger partial charge in [-0.05, 0) is 62.2 Å². The Morgan fingerprint density at radius 3 is 2.27 bits per heavy atom. The lowest BCUT2D eigenvalue weighted by molar-refractivity contribution is -0.176. The third-order valence-electron chi connectivity index (χ3n) is 9.23. The molecular formula is C28H44F3N5O4. The molecule has 2 spiro atoms. The van der Waals surface area contributed by atoms with Crippen molar-refractivity contribution in [1.82, 2.24) is 20.9 Å². The second-order valence-corrected chi connectivity index (χ2v) is 13.4. The molecule has 0 bridgehead atoms. The van der Waals surface area contributed by atoms with Gasteiger partial charge in [0.05, 0.1) is 6.07 Å². The Hall–Kier alpha value is -2.84. The first kappa shape index (κ1) is 30.1. The summed E-state index contributed by atoms with van der Waals surface area (Å²) >= 11 is 0. The van der Waals surface area contributed by atoms with Crippen LogP contribution in [0, 0.1) is 28.1 Å². The topological polar surface area (TPSA) is 131 Å². The Morgan fingerprint density at radius 2 is 1.75 bits per heavy atom. The average molecular weight is 572 g/mol. The van der Waals surface area contributed by atoms with Crippen molar-refractivity contribution >= 4 is 23.6 Å². The minimum absolute atomic E-state index is 0. The molecule has 3 N–H and O–H groups in total. The fraction of sp³-hybridized carbons (Fsp3) is 0.821. The van der Waals surface area contributed by atoms with Crippen LogP contribution in [-0.2, 0) is 19.2 Å². The van der Waals surface area contributed by atoms with Crippen molar-refractivity contribution in [2.75, 3.05) is 6.54 Å². The van der Waals surface area contributed by atoms with E-state index in [-0.39, 0.29) is 32.7 Å². The van der Waals surface area contributed by atoms with E-state index in [1.807, 2.05) is 5.32 Å². The number of carbonyl (C=O) groups excluding carboxylic acids is 4. The first-order valence-corrected chi connectivity index (χ1v) is 14.3. The number of piperidine rings is 1. The van der Waals surface area contributed by atoms with Crippen molar-refractivity contribution < 1.29 is 35.2 Å². The molecule has 2 heterocycles. The average Bonchev–Trinajstić information content (AvgIpc) is 3.52. The molecule has 40 heavy (non-hydrogen) atoms. The summed E-state index contributed by atoms with van der Waals surface area (Å²) in [6, 6.07) is -1.40. The van der Waals surface area contributed by atoms with Crippen LogP contribution in [0.4, 0.5) is 13.2 Å². The van der Waals surface area contributed by atoms with Gasteiger partial charge in [-0.15, -0.1) is 0 Å². The van der Waals surface area contributed by atoms with Crippen LogP contribution in [0.25, 0.3) is 0 Å². The molecular weight excluding hydrogens is 527 g/mol. The largest absolute Gasteiger partial charge is 0.471 e. The summed E-state index contributed by atoms with van der Waals surface area (Å²) in [4.78, 5) is 53.2. The second kappa shape index (κ2) is 10.9. The van der Waals surface area contributed by atoms with Crippen molar-refractivity contribution in [3.05, 3.63) is 0 Å². The lowest BCUT2D eigenvalue weighted by Gasteiger charge is -2.37. The summed E-state index contributed by atoms with van der Waals surface area (Å²) in [5.41, 5.74) is -1.51. The Labute approximate surface area is 235 Å². The first-order chi connectivity index (χ1) is 18.6. The van der Waals surface area contributed by atoms with Crippen LogP contribution in [0.3, 0.4) is 0 Å². The molecule has 0 aromatic heterocycles. The highest BCUT2D eigenvalue weighted by Crippen LogP contribution is 2.47. The predicted molar refractivity (Wildman–Crippen MR) is 142 cm³/mol. The second-order valence-electron chi connectivity index (χ2n) is 13.4. The molecule has 2 aliphatic carbocycles. The van der Waals surface area contributed by atoms with E-state index < -0.39 is 53.4 Å². The number of likely N-dealkylation sites (tertiary alicyclic amines) is 1. The van der Waals surface area contributed by atoms with Gasteiger partial charge >= 0.3 is 12.1 Å². The number of nitriles is 1. The molecule has 226 valence electrons. The molecule has 4 amide bonds. The van der Waals surface area contributed by atoms with Crippen molar-refractivity contribution in [1.29, 1.82) is 5.26 Å². The number of amides is 4. The van der Waals surface area contributed by atoms with E-state index in [1.165, 1.54) is 4.90 Å². The first-order valence-electron chi connectivity index (χ1n) is 14.3. The number of alkyl halides is 3. The van der Waals surface area contributed by atoms with Crippen molar-refractivity contribution in [2.24, 2.45) is 16.7 Å². The molecule has 4 atom stereocenters. The Kier molecular flexibility index (Phi) is 8.18. The fourth-order valence-electron chi connectivity index (χ4n) is 6.67. The van der Waals surface area contributed by atoms with Crippen LogP contribution < -0.4 is 16.0 Å². The SMILES string of the molecule is CC(C)(C)C(NC(=O)C(F)(F)F)C(=O)N1CC2(CCCCC2)CC1C(=O)NC(C#N)CC1CCC2(CC2)NC1=O.[HH].[HH]. The maximum atomic E-state index is 13.8. The zero-order valence-electron chi connectivity index (χ0n) is 23.5. The van der Waals surface area contributed by atoms with Gasteiger partial charge in [0, 0.05) is 20.9 Å². The van der Waals surface area contributed by atoms with Crippen LogP contribution in [-0.4, -0.2) is 64.9 Å². The highest BCUT2D eigenvalue weighted by atomic mass is 19.4. The number of carbonyl (C=O) groups is 4. The molecule has 0 aromatic carbocycles. The maximum absolute atomic E-state index is 13.8. The van der Waals surface area contributed by atoms with Gasteiger partial charge in [0.25, 0.3) is 0 Å². The quantitative estimate of drug-likeness (QED) is 0.449. The molecule has 4 aliphatic rings. The van der Waals surface area contributed by atoms with Gasteiger partial charge in [0.2, 0.25) is 17.7 Å². The van der Waals surface area contributed by atoms with E-state index in [0.29, 0.717) is 12.8 Å². The summed E-state index contributed by atoms with van der Waals surface area (Å²) in [5, 5.41) is 17.4. The van der Waals surface area contributed by atoms with Crippen LogP contribution in [0.15, 0.2) is 0 Å². The van der Waals surface area contributed by atoms with Crippen molar-refractivity contribution in [3.8, 4) is 6.07 Å². The fourth-order valence-corrected chi connectivity index (χ4v) is 6.67. The zero-order chi connectivity index (χ0) is 29.5. The van der Waals surface area contributed by atoms with Crippen LogP contribution in [0.2, 0.25) is 0 Å². The van der Waals surface area contributed by atoms with E-state index in [4.69, 9.17) is 0 Å². The van der Waals surface area contributed by atoms with Gasteiger partial charge in [-0.25, -0.2) is 0 Å². The van der Waals surface area contributed by atoms with Crippen LogP contribution in [0.1, 0.15) is 94.3 Å². The molecule has 0 aromatic rings. The Morgan fingerprint density at radius 1 is 1.10 bits per heavy atom. The van der Waals surface area contributed by atoms with Crippen LogP contribution >= 0.6 is 0 Å². The molecule has 12 heteroatoms. The van der Waals surface area contributed by atoms with Gasteiger partial charge in [-0.2, -0.15) is 18.4 Å². The third-order valence-corrected chi connectivity index (χ3v) is 9.23. The molecule has 4 fully saturated rings. The standard InChI is InChI=1S/C28H40F3N5O4.2H2/c1-25(2,3)20(34-24(40)28(29,30)31)23(39)36-16-26(8-5-4-6-9-26)14-19(36)22(38)33-18(15-32)13-17-7-10-27(11-12-27)35-21(17)37;;/h17-20H,4-14,16H2,1-3H3,(H,33,38)(H,34,40)(H,35,37);2*1H. The Balaban J connectivity index is 0.00000308. The normalized spacial score (nSPS) is 26.9.